The Kier molecular flexibility index (Phi) is 7.34. The average molecular weight is 480 g/mol. The van der Waals surface area contributed by atoms with Crippen molar-refractivity contribution in [3.63, 3.8) is 0 Å². The van der Waals surface area contributed by atoms with Crippen molar-refractivity contribution in [2.75, 3.05) is 26.9 Å². The van der Waals surface area contributed by atoms with Crippen molar-refractivity contribution in [3.8, 4) is 5.75 Å². The van der Waals surface area contributed by atoms with Crippen LogP contribution < -0.4 is 10.1 Å². The first kappa shape index (κ1) is 24.0. The highest BCUT2D eigenvalue weighted by Gasteiger charge is 2.35. The minimum Gasteiger partial charge on any atom is -0.497 e. The lowest BCUT2D eigenvalue weighted by atomic mass is 9.74. The van der Waals surface area contributed by atoms with Gasteiger partial charge in [0.1, 0.15) is 5.75 Å². The Morgan fingerprint density at radius 2 is 1.68 bits per heavy atom. The summed E-state index contributed by atoms with van der Waals surface area (Å²) >= 11 is 0. The van der Waals surface area contributed by atoms with Crippen molar-refractivity contribution in [1.82, 2.24) is 5.32 Å². The normalized spacial score (nSPS) is 15.4. The van der Waals surface area contributed by atoms with E-state index in [0.29, 0.717) is 30.9 Å². The minimum absolute atomic E-state index is 0.161. The molecule has 7 heteroatoms. The second kappa shape index (κ2) is 10.4. The van der Waals surface area contributed by atoms with Crippen LogP contribution in [0.2, 0.25) is 0 Å². The fourth-order valence-corrected chi connectivity index (χ4v) is 5.72. The Balaban J connectivity index is 1.48. The first-order valence-corrected chi connectivity index (χ1v) is 12.9. The summed E-state index contributed by atoms with van der Waals surface area (Å²) in [6, 6.07) is 23.1. The largest absolute Gasteiger partial charge is 0.497 e. The molecule has 0 aromatic heterocycles. The van der Waals surface area contributed by atoms with Crippen LogP contribution in [-0.2, 0) is 25.7 Å². The first-order chi connectivity index (χ1) is 16.4. The molecule has 0 radical (unpaired) electrons. The Morgan fingerprint density at radius 3 is 2.35 bits per heavy atom. The van der Waals surface area contributed by atoms with Crippen LogP contribution in [-0.4, -0.2) is 41.2 Å². The molecule has 3 aromatic carbocycles. The van der Waals surface area contributed by atoms with Gasteiger partial charge in [-0.15, -0.1) is 0 Å². The number of carbonyl (C=O) groups is 1. The standard InChI is InChI=1S/C27H29NO5S/c1-32-24-12-10-23(11-13-24)27(14-16-33-17-15-27)20-28-26(29)22-7-5-6-21(18-22)19-34(30,31)25-8-3-2-4-9-25/h2-13,18H,14-17,19-20H2,1H3,(H,28,29). The van der Waals surface area contributed by atoms with Crippen LogP contribution in [0.4, 0.5) is 0 Å². The summed E-state index contributed by atoms with van der Waals surface area (Å²) in [5.41, 5.74) is 1.93. The highest BCUT2D eigenvalue weighted by Crippen LogP contribution is 2.35. The molecule has 1 heterocycles. The van der Waals surface area contributed by atoms with E-state index in [0.717, 1.165) is 24.2 Å². The number of nitrogens with one attached hydrogen (secondary N) is 1. The summed E-state index contributed by atoms with van der Waals surface area (Å²) in [6.07, 6.45) is 1.60. The summed E-state index contributed by atoms with van der Waals surface area (Å²) in [5, 5.41) is 3.08. The zero-order valence-electron chi connectivity index (χ0n) is 19.2. The van der Waals surface area contributed by atoms with E-state index in [4.69, 9.17) is 9.47 Å². The van der Waals surface area contributed by atoms with Crippen LogP contribution in [0.3, 0.4) is 0 Å². The van der Waals surface area contributed by atoms with Crippen LogP contribution in [0.15, 0.2) is 83.8 Å². The van der Waals surface area contributed by atoms with Crippen LogP contribution in [0.25, 0.3) is 0 Å². The molecule has 34 heavy (non-hydrogen) atoms. The average Bonchev–Trinajstić information content (AvgIpc) is 2.88. The number of ether oxygens (including phenoxy) is 2. The summed E-state index contributed by atoms with van der Waals surface area (Å²) in [7, 11) is -1.86. The molecule has 1 N–H and O–H groups in total. The molecule has 0 bridgehead atoms. The van der Waals surface area contributed by atoms with Gasteiger partial charge >= 0.3 is 0 Å². The number of sulfone groups is 1. The quantitative estimate of drug-likeness (QED) is 0.525. The van der Waals surface area contributed by atoms with Crippen molar-refractivity contribution < 1.29 is 22.7 Å². The van der Waals surface area contributed by atoms with E-state index in [1.165, 1.54) is 0 Å². The summed E-state index contributed by atoms with van der Waals surface area (Å²) in [6.45, 7) is 1.73. The van der Waals surface area contributed by atoms with Gasteiger partial charge < -0.3 is 14.8 Å². The smallest absolute Gasteiger partial charge is 0.251 e. The molecule has 0 aliphatic carbocycles. The monoisotopic (exact) mass is 479 g/mol. The molecule has 0 unspecified atom stereocenters. The van der Waals surface area contributed by atoms with Crippen LogP contribution >= 0.6 is 0 Å². The molecule has 6 nitrogen and oxygen atoms in total. The predicted octanol–water partition coefficient (Wildman–Crippen LogP) is 4.15. The van der Waals surface area contributed by atoms with Gasteiger partial charge in [-0.05, 0) is 60.4 Å². The van der Waals surface area contributed by atoms with E-state index >= 15 is 0 Å². The number of methoxy groups -OCH3 is 1. The molecule has 1 aliphatic heterocycles. The third-order valence-electron chi connectivity index (χ3n) is 6.39. The van der Waals surface area contributed by atoms with E-state index < -0.39 is 9.84 Å². The maximum atomic E-state index is 13.0. The molecule has 4 rings (SSSR count). The van der Waals surface area contributed by atoms with Gasteiger partial charge in [-0.3, -0.25) is 4.79 Å². The van der Waals surface area contributed by atoms with E-state index in [9.17, 15) is 13.2 Å². The summed E-state index contributed by atoms with van der Waals surface area (Å²) < 4.78 is 36.3. The predicted molar refractivity (Wildman–Crippen MR) is 131 cm³/mol. The summed E-state index contributed by atoms with van der Waals surface area (Å²) in [5.74, 6) is 0.404. The number of rotatable bonds is 8. The highest BCUT2D eigenvalue weighted by molar-refractivity contribution is 7.90. The maximum absolute atomic E-state index is 13.0. The lowest BCUT2D eigenvalue weighted by molar-refractivity contribution is 0.0487. The molecule has 0 spiro atoms. The lowest BCUT2D eigenvalue weighted by Gasteiger charge is -2.38. The van der Waals surface area contributed by atoms with E-state index in [2.05, 4.69) is 5.32 Å². The van der Waals surface area contributed by atoms with Crippen molar-refractivity contribution in [3.05, 3.63) is 95.6 Å². The van der Waals surface area contributed by atoms with Gasteiger partial charge in [-0.2, -0.15) is 0 Å². The molecule has 1 fully saturated rings. The molecule has 178 valence electrons. The van der Waals surface area contributed by atoms with Crippen LogP contribution in [0.1, 0.15) is 34.3 Å². The van der Waals surface area contributed by atoms with Gasteiger partial charge in [0.25, 0.3) is 5.91 Å². The maximum Gasteiger partial charge on any atom is 0.251 e. The van der Waals surface area contributed by atoms with E-state index in [-0.39, 0.29) is 22.0 Å². The van der Waals surface area contributed by atoms with E-state index in [1.807, 2.05) is 24.3 Å². The number of hydrogen-bond acceptors (Lipinski definition) is 5. The van der Waals surface area contributed by atoms with Crippen molar-refractivity contribution >= 4 is 15.7 Å². The molecule has 3 aromatic rings. The molecule has 0 saturated carbocycles. The molecular weight excluding hydrogens is 450 g/mol. The van der Waals surface area contributed by atoms with Gasteiger partial charge in [0.15, 0.2) is 9.84 Å². The molecule has 0 atom stereocenters. The van der Waals surface area contributed by atoms with Gasteiger partial charge in [-0.1, -0.05) is 42.5 Å². The minimum atomic E-state index is -3.49. The zero-order valence-corrected chi connectivity index (χ0v) is 20.0. The van der Waals surface area contributed by atoms with Crippen LogP contribution in [0, 0.1) is 0 Å². The summed E-state index contributed by atoms with van der Waals surface area (Å²) in [4.78, 5) is 13.3. The molecule has 1 saturated heterocycles. The second-order valence-corrected chi connectivity index (χ2v) is 10.6. The fourth-order valence-electron chi connectivity index (χ4n) is 4.36. The molecule has 1 amide bonds. The third kappa shape index (κ3) is 5.48. The number of hydrogen-bond donors (Lipinski definition) is 1. The number of benzene rings is 3. The van der Waals surface area contributed by atoms with Crippen LogP contribution in [0.5, 0.6) is 5.75 Å². The van der Waals surface area contributed by atoms with Crippen molar-refractivity contribution in [2.45, 2.75) is 28.9 Å². The molecular formula is C27H29NO5S. The van der Waals surface area contributed by atoms with Gasteiger partial charge in [0, 0.05) is 30.7 Å². The van der Waals surface area contributed by atoms with E-state index in [1.54, 1.807) is 61.7 Å². The zero-order chi connectivity index (χ0) is 24.0. The van der Waals surface area contributed by atoms with Gasteiger partial charge in [-0.25, -0.2) is 8.42 Å². The Hall–Kier alpha value is -3.16. The topological polar surface area (TPSA) is 81.7 Å². The first-order valence-electron chi connectivity index (χ1n) is 11.3. The fraction of sp³-hybridized carbons (Fsp3) is 0.296. The molecule has 1 aliphatic rings. The Labute approximate surface area is 200 Å². The van der Waals surface area contributed by atoms with Gasteiger partial charge in [0.05, 0.1) is 17.8 Å². The Morgan fingerprint density at radius 1 is 0.971 bits per heavy atom. The number of amides is 1. The third-order valence-corrected chi connectivity index (χ3v) is 8.09. The SMILES string of the molecule is COc1ccc(C2(CNC(=O)c3cccc(CS(=O)(=O)c4ccccc4)c3)CCOCC2)cc1. The number of carbonyl (C=O) groups excluding carboxylic acids is 1. The highest BCUT2D eigenvalue weighted by atomic mass is 32.2. The Bertz CT molecular complexity index is 1220. The second-order valence-electron chi connectivity index (χ2n) is 8.58. The van der Waals surface area contributed by atoms with Crippen molar-refractivity contribution in [2.24, 2.45) is 0 Å². The van der Waals surface area contributed by atoms with Crippen molar-refractivity contribution in [1.29, 1.82) is 0 Å². The lowest BCUT2D eigenvalue weighted by Crippen LogP contribution is -2.44. The van der Waals surface area contributed by atoms with Gasteiger partial charge in [0.2, 0.25) is 0 Å².